The van der Waals surface area contributed by atoms with Crippen molar-refractivity contribution in [3.8, 4) is 11.5 Å². The van der Waals surface area contributed by atoms with Crippen molar-refractivity contribution in [1.29, 1.82) is 0 Å². The molecule has 1 N–H and O–H groups in total. The maximum absolute atomic E-state index is 10.9. The number of nitrogens with zero attached hydrogens (tertiary/aromatic N) is 1. The Kier molecular flexibility index (Phi) is 2.41. The number of nitrogens with one attached hydrogen (secondary N) is 1. The Morgan fingerprint density at radius 1 is 1.60 bits per heavy atom. The maximum Gasteiger partial charge on any atom is 0.154 e. The van der Waals surface area contributed by atoms with Crippen molar-refractivity contribution in [1.82, 2.24) is 9.97 Å². The van der Waals surface area contributed by atoms with Crippen LogP contribution in [0.3, 0.4) is 0 Å². The van der Waals surface area contributed by atoms with Gasteiger partial charge in [0.25, 0.3) is 0 Å². The summed E-state index contributed by atoms with van der Waals surface area (Å²) in [6.45, 7) is 3.46. The van der Waals surface area contributed by atoms with Gasteiger partial charge in [0.15, 0.2) is 5.76 Å². The molecule has 0 aliphatic carbocycles. The summed E-state index contributed by atoms with van der Waals surface area (Å²) in [5.41, 5.74) is 1.69. The molecule has 0 fully saturated rings. The molecule has 4 heteroatoms. The lowest BCUT2D eigenvalue weighted by Gasteiger charge is -1.90. The normalized spacial score (nSPS) is 10.5. The highest BCUT2D eigenvalue weighted by molar-refractivity contribution is 5.77. The highest BCUT2D eigenvalue weighted by atomic mass is 16.3. The Bertz CT molecular complexity index is 469. The van der Waals surface area contributed by atoms with Crippen molar-refractivity contribution < 1.29 is 9.21 Å². The van der Waals surface area contributed by atoms with Crippen molar-refractivity contribution >= 4 is 5.78 Å². The van der Waals surface area contributed by atoms with Crippen LogP contribution < -0.4 is 0 Å². The van der Waals surface area contributed by atoms with Crippen LogP contribution in [0, 0.1) is 6.92 Å². The van der Waals surface area contributed by atoms with Crippen molar-refractivity contribution in [3.63, 3.8) is 0 Å². The lowest BCUT2D eigenvalue weighted by Crippen LogP contribution is -1.97. The Morgan fingerprint density at radius 3 is 3.00 bits per heavy atom. The number of H-pyrrole nitrogens is 1. The molecule has 0 atom stereocenters. The summed E-state index contributed by atoms with van der Waals surface area (Å²) in [6.07, 6.45) is 1.94. The van der Waals surface area contributed by atoms with Crippen LogP contribution in [-0.4, -0.2) is 15.8 Å². The van der Waals surface area contributed by atoms with E-state index in [-0.39, 0.29) is 5.78 Å². The average molecular weight is 204 g/mol. The third-order valence-corrected chi connectivity index (χ3v) is 2.10. The van der Waals surface area contributed by atoms with E-state index in [2.05, 4.69) is 9.97 Å². The molecule has 0 aliphatic rings. The molecule has 2 aromatic rings. The monoisotopic (exact) mass is 204 g/mol. The number of hydrogen-bond donors (Lipinski definition) is 1. The van der Waals surface area contributed by atoms with Crippen molar-refractivity contribution in [2.75, 3.05) is 0 Å². The van der Waals surface area contributed by atoms with E-state index in [4.69, 9.17) is 4.42 Å². The molecule has 15 heavy (non-hydrogen) atoms. The van der Waals surface area contributed by atoms with E-state index in [1.807, 2.05) is 19.1 Å². The van der Waals surface area contributed by atoms with Crippen LogP contribution in [0.15, 0.2) is 22.8 Å². The highest BCUT2D eigenvalue weighted by Gasteiger charge is 2.11. The van der Waals surface area contributed by atoms with Gasteiger partial charge in [-0.05, 0) is 26.0 Å². The summed E-state index contributed by atoms with van der Waals surface area (Å²) >= 11 is 0. The quantitative estimate of drug-likeness (QED) is 0.832. The van der Waals surface area contributed by atoms with Crippen molar-refractivity contribution in [3.05, 3.63) is 29.9 Å². The number of ketones is 1. The second-order valence-corrected chi connectivity index (χ2v) is 3.51. The van der Waals surface area contributed by atoms with Gasteiger partial charge in [-0.3, -0.25) is 4.79 Å². The van der Waals surface area contributed by atoms with Crippen LogP contribution in [-0.2, 0) is 11.2 Å². The molecule has 0 bridgehead atoms. The number of aromatic nitrogens is 2. The lowest BCUT2D eigenvalue weighted by atomic mass is 10.3. The van der Waals surface area contributed by atoms with Gasteiger partial charge >= 0.3 is 0 Å². The molecule has 0 aromatic carbocycles. The van der Waals surface area contributed by atoms with Crippen LogP contribution >= 0.6 is 0 Å². The third kappa shape index (κ3) is 1.98. The van der Waals surface area contributed by atoms with Gasteiger partial charge in [-0.15, -0.1) is 0 Å². The molecule has 2 heterocycles. The summed E-state index contributed by atoms with van der Waals surface area (Å²) in [5, 5.41) is 0. The van der Waals surface area contributed by atoms with Crippen molar-refractivity contribution in [2.24, 2.45) is 0 Å². The van der Waals surface area contributed by atoms with Gasteiger partial charge in [-0.25, -0.2) is 4.98 Å². The molecule has 0 radical (unpaired) electrons. The predicted octanol–water partition coefficient (Wildman–Crippen LogP) is 2.11. The Hall–Kier alpha value is -1.84. The first kappa shape index (κ1) is 9.71. The zero-order valence-corrected chi connectivity index (χ0v) is 8.70. The van der Waals surface area contributed by atoms with E-state index in [1.165, 1.54) is 0 Å². The Labute approximate surface area is 87.3 Å². The number of Topliss-reactive ketones (excluding diaryl/α,β-unsaturated/α-hetero) is 1. The average Bonchev–Trinajstić information content (AvgIpc) is 2.72. The fourth-order valence-corrected chi connectivity index (χ4v) is 1.50. The topological polar surface area (TPSA) is 58.9 Å². The number of rotatable bonds is 3. The minimum Gasteiger partial charge on any atom is -0.463 e. The van der Waals surface area contributed by atoms with E-state index in [0.717, 1.165) is 17.1 Å². The van der Waals surface area contributed by atoms with E-state index >= 15 is 0 Å². The van der Waals surface area contributed by atoms with Crippen molar-refractivity contribution in [2.45, 2.75) is 20.3 Å². The fourth-order valence-electron chi connectivity index (χ4n) is 1.50. The summed E-state index contributed by atoms with van der Waals surface area (Å²) in [7, 11) is 0. The number of carbonyl (C=O) groups excluding carboxylic acids is 1. The molecular formula is C11H12N2O2. The molecule has 0 aliphatic heterocycles. The number of imidazole rings is 1. The zero-order chi connectivity index (χ0) is 10.8. The number of aryl methyl sites for hydroxylation is 1. The SMILES string of the molecule is CC(=O)Cc1nc(-c2ccco2)c(C)[nH]1. The standard InChI is InChI=1S/C11H12N2O2/c1-7(14)6-10-12-8(2)11(13-10)9-4-3-5-15-9/h3-5H,6H2,1-2H3,(H,12,13). The molecule has 0 saturated carbocycles. The molecule has 0 unspecified atom stereocenters. The van der Waals surface area contributed by atoms with Gasteiger partial charge in [-0.2, -0.15) is 0 Å². The van der Waals surface area contributed by atoms with Crippen LogP contribution in [0.4, 0.5) is 0 Å². The van der Waals surface area contributed by atoms with Crippen LogP contribution in [0.2, 0.25) is 0 Å². The Balaban J connectivity index is 2.34. The molecule has 4 nitrogen and oxygen atoms in total. The second kappa shape index (κ2) is 3.73. The molecule has 0 amide bonds. The first-order chi connectivity index (χ1) is 7.16. The van der Waals surface area contributed by atoms with Crippen LogP contribution in [0.5, 0.6) is 0 Å². The van der Waals surface area contributed by atoms with Gasteiger partial charge in [0.1, 0.15) is 17.3 Å². The number of aromatic amines is 1. The maximum atomic E-state index is 10.9. The smallest absolute Gasteiger partial charge is 0.154 e. The molecular weight excluding hydrogens is 192 g/mol. The van der Waals surface area contributed by atoms with Gasteiger partial charge in [0.05, 0.1) is 12.7 Å². The van der Waals surface area contributed by atoms with Gasteiger partial charge in [0, 0.05) is 5.69 Å². The van der Waals surface area contributed by atoms with E-state index in [9.17, 15) is 4.79 Å². The minimum absolute atomic E-state index is 0.0924. The molecule has 0 saturated heterocycles. The fraction of sp³-hybridized carbons (Fsp3) is 0.273. The van der Waals surface area contributed by atoms with Crippen LogP contribution in [0.25, 0.3) is 11.5 Å². The zero-order valence-electron chi connectivity index (χ0n) is 8.70. The predicted molar refractivity (Wildman–Crippen MR) is 55.4 cm³/mol. The second-order valence-electron chi connectivity index (χ2n) is 3.51. The van der Waals surface area contributed by atoms with Gasteiger partial charge in [-0.1, -0.05) is 0 Å². The summed E-state index contributed by atoms with van der Waals surface area (Å²) in [6, 6.07) is 3.66. The van der Waals surface area contributed by atoms with E-state index in [0.29, 0.717) is 12.2 Å². The largest absolute Gasteiger partial charge is 0.463 e. The first-order valence-electron chi connectivity index (χ1n) is 4.75. The number of furan rings is 1. The lowest BCUT2D eigenvalue weighted by molar-refractivity contribution is -0.116. The summed E-state index contributed by atoms with van der Waals surface area (Å²) < 4.78 is 5.25. The van der Waals surface area contributed by atoms with E-state index < -0.39 is 0 Å². The summed E-state index contributed by atoms with van der Waals surface area (Å²) in [5.74, 6) is 1.50. The molecule has 2 rings (SSSR count). The molecule has 2 aromatic heterocycles. The summed E-state index contributed by atoms with van der Waals surface area (Å²) in [4.78, 5) is 18.3. The van der Waals surface area contributed by atoms with E-state index in [1.54, 1.807) is 13.2 Å². The third-order valence-electron chi connectivity index (χ3n) is 2.10. The van der Waals surface area contributed by atoms with Gasteiger partial charge < -0.3 is 9.40 Å². The van der Waals surface area contributed by atoms with Gasteiger partial charge in [0.2, 0.25) is 0 Å². The van der Waals surface area contributed by atoms with Crippen LogP contribution in [0.1, 0.15) is 18.4 Å². The Morgan fingerprint density at radius 2 is 2.40 bits per heavy atom. The molecule has 0 spiro atoms. The highest BCUT2D eigenvalue weighted by Crippen LogP contribution is 2.21. The first-order valence-corrected chi connectivity index (χ1v) is 4.75. The number of carbonyl (C=O) groups is 1. The molecule has 78 valence electrons. The number of hydrogen-bond acceptors (Lipinski definition) is 3. The minimum atomic E-state index is 0.0924.